The molecule has 0 atom stereocenters. The number of nitrogens with zero attached hydrogens (tertiary/aromatic N) is 1. The molecule has 1 heterocycles. The van der Waals surface area contributed by atoms with E-state index in [4.69, 9.17) is 19.8 Å². The first-order chi connectivity index (χ1) is 11.6. The number of hydrogen-bond acceptors (Lipinski definition) is 4. The Morgan fingerprint density at radius 2 is 1.17 bits per heavy atom. The molecule has 2 aliphatic rings. The van der Waals surface area contributed by atoms with Crippen molar-refractivity contribution >= 4 is 11.9 Å². The zero-order valence-electron chi connectivity index (χ0n) is 14.8. The first-order valence-corrected chi connectivity index (χ1v) is 9.57. The molecule has 0 aromatic rings. The van der Waals surface area contributed by atoms with Crippen molar-refractivity contribution in [2.24, 2.45) is 0 Å². The number of nitrogens with one attached hydrogen (secondary N) is 1. The minimum Gasteiger partial charge on any atom is -0.473 e. The predicted molar refractivity (Wildman–Crippen MR) is 93.8 cm³/mol. The van der Waals surface area contributed by atoms with Crippen LogP contribution in [0.5, 0.6) is 0 Å². The Balaban J connectivity index is 0.000000413. The molecular formula is C18H34N2O4. The molecule has 3 N–H and O–H groups in total. The Labute approximate surface area is 145 Å². The maximum Gasteiger partial charge on any atom is 0.414 e. The summed E-state index contributed by atoms with van der Waals surface area (Å²) in [5.74, 6) is -3.65. The number of hydrazine groups is 1. The third kappa shape index (κ3) is 9.88. The molecule has 1 saturated carbocycles. The van der Waals surface area contributed by atoms with Crippen molar-refractivity contribution in [2.75, 3.05) is 13.1 Å². The quantitative estimate of drug-likeness (QED) is 0.633. The van der Waals surface area contributed by atoms with Crippen LogP contribution in [0.3, 0.4) is 0 Å². The lowest BCUT2D eigenvalue weighted by molar-refractivity contribution is -0.159. The smallest absolute Gasteiger partial charge is 0.414 e. The van der Waals surface area contributed by atoms with Gasteiger partial charge in [0.1, 0.15) is 0 Å². The standard InChI is InChI=1S/C16H32N2.C2H2O4/c1-2-5-9-13-16(12-8-4-1)18-15-11-7-3-6-10-14-17-18;3-1(4)2(5)6/h16-17H,1-15H2;(H,3,4)(H,5,6). The lowest BCUT2D eigenvalue weighted by Gasteiger charge is -2.32. The van der Waals surface area contributed by atoms with Crippen molar-refractivity contribution in [1.82, 2.24) is 10.4 Å². The molecular weight excluding hydrogens is 308 g/mol. The third-order valence-corrected chi connectivity index (χ3v) is 4.84. The average Bonchev–Trinajstić information content (AvgIpc) is 2.78. The van der Waals surface area contributed by atoms with E-state index >= 15 is 0 Å². The second-order valence-electron chi connectivity index (χ2n) is 6.83. The minimum atomic E-state index is -1.82. The maximum atomic E-state index is 9.10. The number of aliphatic carboxylic acids is 2. The fourth-order valence-electron chi connectivity index (χ4n) is 3.47. The van der Waals surface area contributed by atoms with Crippen molar-refractivity contribution in [3.63, 3.8) is 0 Å². The molecule has 1 aliphatic heterocycles. The van der Waals surface area contributed by atoms with Crippen molar-refractivity contribution in [3.05, 3.63) is 0 Å². The summed E-state index contributed by atoms with van der Waals surface area (Å²) in [5.41, 5.74) is 3.73. The Hall–Kier alpha value is -1.14. The highest BCUT2D eigenvalue weighted by atomic mass is 16.4. The molecule has 6 heteroatoms. The zero-order valence-corrected chi connectivity index (χ0v) is 14.8. The van der Waals surface area contributed by atoms with Gasteiger partial charge in [-0.2, -0.15) is 0 Å². The van der Waals surface area contributed by atoms with Gasteiger partial charge in [-0.3, -0.25) is 5.43 Å². The molecule has 0 spiro atoms. The van der Waals surface area contributed by atoms with Gasteiger partial charge in [0.15, 0.2) is 0 Å². The van der Waals surface area contributed by atoms with E-state index < -0.39 is 11.9 Å². The molecule has 0 aromatic heterocycles. The van der Waals surface area contributed by atoms with Crippen LogP contribution < -0.4 is 5.43 Å². The van der Waals surface area contributed by atoms with E-state index in [1.165, 1.54) is 96.6 Å². The number of hydrogen-bond donors (Lipinski definition) is 3. The van der Waals surface area contributed by atoms with Gasteiger partial charge in [0.25, 0.3) is 0 Å². The van der Waals surface area contributed by atoms with Gasteiger partial charge in [-0.25, -0.2) is 14.6 Å². The summed E-state index contributed by atoms with van der Waals surface area (Å²) in [6.45, 7) is 2.49. The largest absolute Gasteiger partial charge is 0.473 e. The second-order valence-corrected chi connectivity index (χ2v) is 6.83. The van der Waals surface area contributed by atoms with Gasteiger partial charge in [0, 0.05) is 19.1 Å². The van der Waals surface area contributed by atoms with E-state index in [0.29, 0.717) is 0 Å². The van der Waals surface area contributed by atoms with Gasteiger partial charge >= 0.3 is 11.9 Å². The van der Waals surface area contributed by atoms with Crippen LogP contribution in [0, 0.1) is 0 Å². The summed E-state index contributed by atoms with van der Waals surface area (Å²) in [6, 6.07) is 0.821. The van der Waals surface area contributed by atoms with Crippen LogP contribution in [0.1, 0.15) is 83.5 Å². The van der Waals surface area contributed by atoms with Gasteiger partial charge in [-0.15, -0.1) is 0 Å². The van der Waals surface area contributed by atoms with Crippen LogP contribution in [0.15, 0.2) is 0 Å². The molecule has 2 rings (SSSR count). The van der Waals surface area contributed by atoms with Crippen molar-refractivity contribution in [3.8, 4) is 0 Å². The van der Waals surface area contributed by atoms with E-state index in [2.05, 4.69) is 10.4 Å². The van der Waals surface area contributed by atoms with E-state index in [9.17, 15) is 0 Å². The molecule has 140 valence electrons. The molecule has 6 nitrogen and oxygen atoms in total. The van der Waals surface area contributed by atoms with E-state index in [1.807, 2.05) is 0 Å². The first-order valence-electron chi connectivity index (χ1n) is 9.57. The van der Waals surface area contributed by atoms with E-state index in [-0.39, 0.29) is 0 Å². The van der Waals surface area contributed by atoms with Gasteiger partial charge < -0.3 is 10.2 Å². The highest BCUT2D eigenvalue weighted by Gasteiger charge is 2.18. The fourth-order valence-corrected chi connectivity index (χ4v) is 3.47. The van der Waals surface area contributed by atoms with Gasteiger partial charge in [-0.1, -0.05) is 57.8 Å². The number of rotatable bonds is 1. The Kier molecular flexibility index (Phi) is 11.5. The van der Waals surface area contributed by atoms with Gasteiger partial charge in [0.05, 0.1) is 0 Å². The van der Waals surface area contributed by atoms with Gasteiger partial charge in [-0.05, 0) is 25.7 Å². The summed E-state index contributed by atoms with van der Waals surface area (Å²) >= 11 is 0. The molecule has 0 amide bonds. The van der Waals surface area contributed by atoms with Crippen LogP contribution in [0.4, 0.5) is 0 Å². The molecule has 1 aliphatic carbocycles. The van der Waals surface area contributed by atoms with Crippen LogP contribution in [0.2, 0.25) is 0 Å². The predicted octanol–water partition coefficient (Wildman–Crippen LogP) is 3.42. The summed E-state index contributed by atoms with van der Waals surface area (Å²) in [7, 11) is 0. The zero-order chi connectivity index (χ0) is 17.6. The third-order valence-electron chi connectivity index (χ3n) is 4.84. The molecule has 0 bridgehead atoms. The second kappa shape index (κ2) is 13.2. The lowest BCUT2D eigenvalue weighted by Crippen LogP contribution is -2.46. The van der Waals surface area contributed by atoms with Crippen molar-refractivity contribution in [2.45, 2.75) is 89.5 Å². The lowest BCUT2D eigenvalue weighted by atomic mass is 10.0. The monoisotopic (exact) mass is 342 g/mol. The summed E-state index contributed by atoms with van der Waals surface area (Å²) in [5, 5.41) is 17.4. The summed E-state index contributed by atoms with van der Waals surface area (Å²) in [6.07, 6.45) is 18.7. The highest BCUT2D eigenvalue weighted by Crippen LogP contribution is 2.21. The summed E-state index contributed by atoms with van der Waals surface area (Å²) < 4.78 is 0. The number of carbonyl (C=O) groups is 2. The van der Waals surface area contributed by atoms with E-state index in [0.717, 1.165) is 6.04 Å². The molecule has 24 heavy (non-hydrogen) atoms. The number of carboxylic acids is 2. The molecule has 1 saturated heterocycles. The SMILES string of the molecule is C1CCCCC(N2CCCCCCCN2)CCC1.O=C(O)C(=O)O. The Morgan fingerprint density at radius 3 is 1.71 bits per heavy atom. The van der Waals surface area contributed by atoms with Crippen molar-refractivity contribution in [1.29, 1.82) is 0 Å². The van der Waals surface area contributed by atoms with Crippen LogP contribution in [-0.2, 0) is 9.59 Å². The highest BCUT2D eigenvalue weighted by molar-refractivity contribution is 6.27. The maximum absolute atomic E-state index is 9.10. The first kappa shape index (κ1) is 20.9. The Bertz CT molecular complexity index is 309. The van der Waals surface area contributed by atoms with Gasteiger partial charge in [0.2, 0.25) is 0 Å². The topological polar surface area (TPSA) is 89.9 Å². The van der Waals surface area contributed by atoms with Crippen LogP contribution >= 0.6 is 0 Å². The van der Waals surface area contributed by atoms with Crippen LogP contribution in [-0.4, -0.2) is 46.3 Å². The fraction of sp³-hybridized carbons (Fsp3) is 0.889. The van der Waals surface area contributed by atoms with Crippen LogP contribution in [0.25, 0.3) is 0 Å². The minimum absolute atomic E-state index is 0.821. The normalized spacial score (nSPS) is 22.3. The Morgan fingerprint density at radius 1 is 0.708 bits per heavy atom. The molecule has 0 radical (unpaired) electrons. The molecule has 0 aromatic carbocycles. The summed E-state index contributed by atoms with van der Waals surface area (Å²) in [4.78, 5) is 18.2. The molecule has 2 fully saturated rings. The van der Waals surface area contributed by atoms with Crippen molar-refractivity contribution < 1.29 is 19.8 Å². The van der Waals surface area contributed by atoms with E-state index in [1.54, 1.807) is 0 Å². The average molecular weight is 342 g/mol. The number of carboxylic acid groups (broad SMARTS) is 2. The molecule has 0 unspecified atom stereocenters.